The maximum absolute atomic E-state index is 12.5. The summed E-state index contributed by atoms with van der Waals surface area (Å²) in [6.07, 6.45) is 1.73. The standard InChI is InChI=1S/C17H21N3O/c1-13(16(18)14-8-4-3-5-9-14)17(21)20(2)12-15-10-6-7-11-19-15/h3-11,13,16H,12,18H2,1-2H3. The summed E-state index contributed by atoms with van der Waals surface area (Å²) >= 11 is 0. The third-order valence-electron chi connectivity index (χ3n) is 3.61. The molecule has 0 aliphatic rings. The lowest BCUT2D eigenvalue weighted by Gasteiger charge is -2.25. The molecule has 0 fully saturated rings. The van der Waals surface area contributed by atoms with Gasteiger partial charge in [0.05, 0.1) is 18.2 Å². The summed E-state index contributed by atoms with van der Waals surface area (Å²) in [7, 11) is 1.78. The van der Waals surface area contributed by atoms with E-state index in [-0.39, 0.29) is 17.9 Å². The average molecular weight is 283 g/mol. The van der Waals surface area contributed by atoms with E-state index in [1.54, 1.807) is 18.1 Å². The molecule has 0 saturated carbocycles. The van der Waals surface area contributed by atoms with Crippen molar-refractivity contribution < 1.29 is 4.79 Å². The van der Waals surface area contributed by atoms with Crippen LogP contribution < -0.4 is 5.73 Å². The van der Waals surface area contributed by atoms with Crippen LogP contribution in [-0.4, -0.2) is 22.8 Å². The maximum atomic E-state index is 12.5. The molecule has 0 bridgehead atoms. The molecule has 4 heteroatoms. The molecule has 2 aromatic rings. The number of hydrogen-bond acceptors (Lipinski definition) is 3. The van der Waals surface area contributed by atoms with Crippen LogP contribution in [-0.2, 0) is 11.3 Å². The van der Waals surface area contributed by atoms with Crippen LogP contribution in [0.15, 0.2) is 54.7 Å². The first-order chi connectivity index (χ1) is 10.1. The second-order valence-electron chi connectivity index (χ2n) is 5.24. The third-order valence-corrected chi connectivity index (χ3v) is 3.61. The van der Waals surface area contributed by atoms with Gasteiger partial charge in [-0.05, 0) is 17.7 Å². The molecule has 1 aromatic carbocycles. The Morgan fingerprint density at radius 3 is 2.48 bits per heavy atom. The first-order valence-electron chi connectivity index (χ1n) is 7.05. The minimum absolute atomic E-state index is 0.0250. The Bertz CT molecular complexity index is 571. The van der Waals surface area contributed by atoms with Crippen LogP contribution in [0.2, 0.25) is 0 Å². The smallest absolute Gasteiger partial charge is 0.227 e. The number of aromatic nitrogens is 1. The van der Waals surface area contributed by atoms with Crippen LogP contribution in [0.5, 0.6) is 0 Å². The van der Waals surface area contributed by atoms with Crippen molar-refractivity contribution in [3.05, 3.63) is 66.0 Å². The lowest BCUT2D eigenvalue weighted by Crippen LogP contribution is -2.36. The molecule has 2 atom stereocenters. The molecule has 1 aromatic heterocycles. The van der Waals surface area contributed by atoms with Crippen LogP contribution in [0.1, 0.15) is 24.2 Å². The van der Waals surface area contributed by atoms with E-state index < -0.39 is 0 Å². The molecule has 0 spiro atoms. The average Bonchev–Trinajstić information content (AvgIpc) is 2.54. The zero-order chi connectivity index (χ0) is 15.2. The van der Waals surface area contributed by atoms with Gasteiger partial charge in [-0.15, -0.1) is 0 Å². The second kappa shape index (κ2) is 6.99. The molecule has 1 amide bonds. The minimum atomic E-state index is -0.301. The molecular weight excluding hydrogens is 262 g/mol. The Morgan fingerprint density at radius 1 is 1.19 bits per heavy atom. The molecule has 2 rings (SSSR count). The first-order valence-corrected chi connectivity index (χ1v) is 7.05. The minimum Gasteiger partial charge on any atom is -0.340 e. The van der Waals surface area contributed by atoms with Crippen LogP contribution in [0.25, 0.3) is 0 Å². The highest BCUT2D eigenvalue weighted by molar-refractivity contribution is 5.79. The quantitative estimate of drug-likeness (QED) is 0.916. The summed E-state index contributed by atoms with van der Waals surface area (Å²) in [5.41, 5.74) is 8.05. The number of rotatable bonds is 5. The Hall–Kier alpha value is -2.20. The fourth-order valence-corrected chi connectivity index (χ4v) is 2.28. The highest BCUT2D eigenvalue weighted by Crippen LogP contribution is 2.21. The fraction of sp³-hybridized carbons (Fsp3) is 0.294. The summed E-state index contributed by atoms with van der Waals surface area (Å²) in [4.78, 5) is 18.4. The highest BCUT2D eigenvalue weighted by atomic mass is 16.2. The molecule has 2 N–H and O–H groups in total. The number of carbonyl (C=O) groups excluding carboxylic acids is 1. The molecule has 21 heavy (non-hydrogen) atoms. The van der Waals surface area contributed by atoms with Crippen molar-refractivity contribution in [2.75, 3.05) is 7.05 Å². The van der Waals surface area contributed by atoms with Gasteiger partial charge in [-0.1, -0.05) is 43.3 Å². The molecular formula is C17H21N3O. The van der Waals surface area contributed by atoms with E-state index in [2.05, 4.69) is 4.98 Å². The Kier molecular flexibility index (Phi) is 5.06. The second-order valence-corrected chi connectivity index (χ2v) is 5.24. The maximum Gasteiger partial charge on any atom is 0.227 e. The predicted molar refractivity (Wildman–Crippen MR) is 83.2 cm³/mol. The van der Waals surface area contributed by atoms with E-state index in [0.717, 1.165) is 11.3 Å². The SMILES string of the molecule is CC(C(=O)N(C)Cc1ccccn1)C(N)c1ccccc1. The van der Waals surface area contributed by atoms with Gasteiger partial charge in [0.25, 0.3) is 0 Å². The number of hydrogen-bond donors (Lipinski definition) is 1. The molecule has 2 unspecified atom stereocenters. The largest absolute Gasteiger partial charge is 0.340 e. The zero-order valence-electron chi connectivity index (χ0n) is 12.4. The molecule has 0 radical (unpaired) electrons. The molecule has 0 aliphatic heterocycles. The van der Waals surface area contributed by atoms with Crippen LogP contribution in [0.3, 0.4) is 0 Å². The first kappa shape index (κ1) is 15.2. The molecule has 0 aliphatic carbocycles. The van der Waals surface area contributed by atoms with E-state index in [4.69, 9.17) is 5.73 Å². The van der Waals surface area contributed by atoms with E-state index in [0.29, 0.717) is 6.54 Å². The normalized spacial score (nSPS) is 13.5. The van der Waals surface area contributed by atoms with Gasteiger partial charge >= 0.3 is 0 Å². The van der Waals surface area contributed by atoms with Crippen LogP contribution >= 0.6 is 0 Å². The van der Waals surface area contributed by atoms with Gasteiger partial charge < -0.3 is 10.6 Å². The number of pyridine rings is 1. The van der Waals surface area contributed by atoms with Crippen molar-refractivity contribution >= 4 is 5.91 Å². The predicted octanol–water partition coefficient (Wildman–Crippen LogP) is 2.38. The van der Waals surface area contributed by atoms with E-state index in [9.17, 15) is 4.79 Å². The fourth-order valence-electron chi connectivity index (χ4n) is 2.28. The van der Waals surface area contributed by atoms with Crippen molar-refractivity contribution in [2.24, 2.45) is 11.7 Å². The number of amides is 1. The Balaban J connectivity index is 2.01. The molecule has 1 heterocycles. The number of nitrogens with two attached hydrogens (primary N) is 1. The van der Waals surface area contributed by atoms with Gasteiger partial charge in [-0.25, -0.2) is 0 Å². The van der Waals surface area contributed by atoms with E-state index in [1.165, 1.54) is 0 Å². The summed E-state index contributed by atoms with van der Waals surface area (Å²) in [6, 6.07) is 15.1. The molecule has 110 valence electrons. The summed E-state index contributed by atoms with van der Waals surface area (Å²) < 4.78 is 0. The lowest BCUT2D eigenvalue weighted by molar-refractivity contribution is -0.134. The van der Waals surface area contributed by atoms with Gasteiger partial charge in [-0.2, -0.15) is 0 Å². The monoisotopic (exact) mass is 283 g/mol. The number of benzene rings is 1. The van der Waals surface area contributed by atoms with Crippen molar-refractivity contribution in [3.8, 4) is 0 Å². The Labute approximate surface area is 125 Å². The topological polar surface area (TPSA) is 59.2 Å². The van der Waals surface area contributed by atoms with E-state index >= 15 is 0 Å². The van der Waals surface area contributed by atoms with Crippen molar-refractivity contribution in [1.82, 2.24) is 9.88 Å². The Morgan fingerprint density at radius 2 is 1.86 bits per heavy atom. The van der Waals surface area contributed by atoms with Crippen molar-refractivity contribution in [1.29, 1.82) is 0 Å². The summed E-state index contributed by atoms with van der Waals surface area (Å²) in [5, 5.41) is 0. The third kappa shape index (κ3) is 3.89. The van der Waals surface area contributed by atoms with Gasteiger partial charge in [0.1, 0.15) is 0 Å². The van der Waals surface area contributed by atoms with Crippen LogP contribution in [0, 0.1) is 5.92 Å². The lowest BCUT2D eigenvalue weighted by atomic mass is 9.94. The number of nitrogens with zero attached hydrogens (tertiary/aromatic N) is 2. The summed E-state index contributed by atoms with van der Waals surface area (Å²) in [6.45, 7) is 2.36. The highest BCUT2D eigenvalue weighted by Gasteiger charge is 2.25. The van der Waals surface area contributed by atoms with Crippen molar-refractivity contribution in [2.45, 2.75) is 19.5 Å². The zero-order valence-corrected chi connectivity index (χ0v) is 12.4. The van der Waals surface area contributed by atoms with Crippen molar-refractivity contribution in [3.63, 3.8) is 0 Å². The van der Waals surface area contributed by atoms with Gasteiger partial charge in [0.15, 0.2) is 0 Å². The molecule has 0 saturated heterocycles. The molecule has 4 nitrogen and oxygen atoms in total. The van der Waals surface area contributed by atoms with Crippen LogP contribution in [0.4, 0.5) is 0 Å². The number of carbonyl (C=O) groups is 1. The van der Waals surface area contributed by atoms with Gasteiger partial charge in [0.2, 0.25) is 5.91 Å². The van der Waals surface area contributed by atoms with Gasteiger partial charge in [-0.3, -0.25) is 9.78 Å². The van der Waals surface area contributed by atoms with Gasteiger partial charge in [0, 0.05) is 19.3 Å². The summed E-state index contributed by atoms with van der Waals surface area (Å²) in [5.74, 6) is -0.252. The van der Waals surface area contributed by atoms with E-state index in [1.807, 2.05) is 55.5 Å².